The maximum absolute atomic E-state index is 12.2. The van der Waals surface area contributed by atoms with Gasteiger partial charge >= 0.3 is 0 Å². The van der Waals surface area contributed by atoms with E-state index in [9.17, 15) is 9.59 Å². The molecule has 0 spiro atoms. The third-order valence-electron chi connectivity index (χ3n) is 4.20. The SMILES string of the molecule is CN1C(=O)Cc2cc(C(=O)CCC3CCCO3)ccc21. The number of likely N-dealkylation sites (N-methyl/N-ethyl adjacent to an activating group) is 1. The number of benzene rings is 1. The topological polar surface area (TPSA) is 46.6 Å². The van der Waals surface area contributed by atoms with Crippen LogP contribution < -0.4 is 4.90 Å². The molecule has 1 aromatic rings. The van der Waals surface area contributed by atoms with Crippen molar-refractivity contribution in [1.82, 2.24) is 0 Å². The Morgan fingerprint density at radius 2 is 2.30 bits per heavy atom. The van der Waals surface area contributed by atoms with Gasteiger partial charge < -0.3 is 9.64 Å². The van der Waals surface area contributed by atoms with Gasteiger partial charge in [0.1, 0.15) is 0 Å². The molecule has 0 N–H and O–H groups in total. The summed E-state index contributed by atoms with van der Waals surface area (Å²) in [5.41, 5.74) is 2.59. The maximum atomic E-state index is 12.2. The number of rotatable bonds is 4. The summed E-state index contributed by atoms with van der Waals surface area (Å²) in [7, 11) is 1.77. The van der Waals surface area contributed by atoms with Crippen LogP contribution in [0.4, 0.5) is 5.69 Å². The molecule has 4 nitrogen and oxygen atoms in total. The number of hydrogen-bond acceptors (Lipinski definition) is 3. The van der Waals surface area contributed by atoms with Gasteiger partial charge in [0.15, 0.2) is 5.78 Å². The van der Waals surface area contributed by atoms with Crippen LogP contribution in [0.2, 0.25) is 0 Å². The minimum atomic E-state index is 0.0870. The maximum Gasteiger partial charge on any atom is 0.231 e. The van der Waals surface area contributed by atoms with Gasteiger partial charge in [-0.3, -0.25) is 9.59 Å². The van der Waals surface area contributed by atoms with Gasteiger partial charge in [-0.2, -0.15) is 0 Å². The van der Waals surface area contributed by atoms with Crippen LogP contribution in [0.3, 0.4) is 0 Å². The van der Waals surface area contributed by atoms with Crippen LogP contribution >= 0.6 is 0 Å². The van der Waals surface area contributed by atoms with Crippen LogP contribution in [-0.2, 0) is 16.0 Å². The smallest absolute Gasteiger partial charge is 0.231 e. The van der Waals surface area contributed by atoms with E-state index in [4.69, 9.17) is 4.74 Å². The second-order valence-corrected chi connectivity index (χ2v) is 5.57. The van der Waals surface area contributed by atoms with E-state index >= 15 is 0 Å². The quantitative estimate of drug-likeness (QED) is 0.791. The molecule has 2 heterocycles. The molecule has 2 aliphatic heterocycles. The highest BCUT2D eigenvalue weighted by atomic mass is 16.5. The molecule has 1 saturated heterocycles. The first-order valence-corrected chi connectivity index (χ1v) is 7.19. The summed E-state index contributed by atoms with van der Waals surface area (Å²) in [5.74, 6) is 0.231. The Labute approximate surface area is 118 Å². The fourth-order valence-corrected chi connectivity index (χ4v) is 2.95. The minimum absolute atomic E-state index is 0.0870. The lowest BCUT2D eigenvalue weighted by Crippen LogP contribution is -2.20. The number of ketones is 1. The van der Waals surface area contributed by atoms with E-state index in [1.807, 2.05) is 18.2 Å². The Hall–Kier alpha value is -1.68. The van der Waals surface area contributed by atoms with Crippen LogP contribution in [0, 0.1) is 0 Å². The molecule has 1 unspecified atom stereocenters. The number of ether oxygens (including phenoxy) is 1. The van der Waals surface area contributed by atoms with E-state index in [-0.39, 0.29) is 17.8 Å². The first-order valence-electron chi connectivity index (χ1n) is 7.19. The van der Waals surface area contributed by atoms with E-state index in [0.29, 0.717) is 18.4 Å². The molecule has 4 heteroatoms. The third kappa shape index (κ3) is 2.48. The molecular weight excluding hydrogens is 254 g/mol. The highest BCUT2D eigenvalue weighted by Crippen LogP contribution is 2.29. The summed E-state index contributed by atoms with van der Waals surface area (Å²) in [6, 6.07) is 5.57. The van der Waals surface area contributed by atoms with Gasteiger partial charge in [0.25, 0.3) is 0 Å². The van der Waals surface area contributed by atoms with Gasteiger partial charge in [-0.15, -0.1) is 0 Å². The van der Waals surface area contributed by atoms with Gasteiger partial charge in [-0.05, 0) is 43.0 Å². The molecule has 1 amide bonds. The average molecular weight is 273 g/mol. The fraction of sp³-hybridized carbons (Fsp3) is 0.500. The first-order chi connectivity index (χ1) is 9.65. The zero-order valence-electron chi connectivity index (χ0n) is 11.7. The molecule has 0 radical (unpaired) electrons. The molecule has 0 aliphatic carbocycles. The highest BCUT2D eigenvalue weighted by Gasteiger charge is 2.25. The van der Waals surface area contributed by atoms with Crippen LogP contribution in [0.1, 0.15) is 41.6 Å². The molecule has 0 saturated carbocycles. The lowest BCUT2D eigenvalue weighted by Gasteiger charge is -2.11. The molecule has 20 heavy (non-hydrogen) atoms. The van der Waals surface area contributed by atoms with Crippen molar-refractivity contribution in [3.63, 3.8) is 0 Å². The summed E-state index contributed by atoms with van der Waals surface area (Å²) in [6.45, 7) is 0.826. The van der Waals surface area contributed by atoms with Gasteiger partial charge in [-0.1, -0.05) is 0 Å². The number of carbonyl (C=O) groups excluding carboxylic acids is 2. The van der Waals surface area contributed by atoms with Crippen molar-refractivity contribution in [1.29, 1.82) is 0 Å². The summed E-state index contributed by atoms with van der Waals surface area (Å²) >= 11 is 0. The second kappa shape index (κ2) is 5.37. The molecular formula is C16H19NO3. The van der Waals surface area contributed by atoms with E-state index < -0.39 is 0 Å². The van der Waals surface area contributed by atoms with Crippen molar-refractivity contribution in [3.8, 4) is 0 Å². The summed E-state index contributed by atoms with van der Waals surface area (Å²) in [6.07, 6.45) is 4.14. The van der Waals surface area contributed by atoms with Gasteiger partial charge in [0.2, 0.25) is 5.91 Å². The zero-order chi connectivity index (χ0) is 14.1. The zero-order valence-corrected chi connectivity index (χ0v) is 11.7. The van der Waals surface area contributed by atoms with Gasteiger partial charge in [0.05, 0.1) is 12.5 Å². The molecule has 106 valence electrons. The van der Waals surface area contributed by atoms with Gasteiger partial charge in [0, 0.05) is 31.3 Å². The monoisotopic (exact) mass is 273 g/mol. The van der Waals surface area contributed by atoms with Crippen LogP contribution in [0.25, 0.3) is 0 Å². The largest absolute Gasteiger partial charge is 0.378 e. The third-order valence-corrected chi connectivity index (χ3v) is 4.20. The summed E-state index contributed by atoms with van der Waals surface area (Å²) in [5, 5.41) is 0. The molecule has 3 rings (SSSR count). The van der Waals surface area contributed by atoms with E-state index in [0.717, 1.165) is 37.1 Å². The number of hydrogen-bond donors (Lipinski definition) is 0. The van der Waals surface area contributed by atoms with E-state index in [2.05, 4.69) is 0 Å². The van der Waals surface area contributed by atoms with Crippen molar-refractivity contribution in [2.75, 3.05) is 18.6 Å². The van der Waals surface area contributed by atoms with E-state index in [1.165, 1.54) is 0 Å². The molecule has 0 aromatic heterocycles. The first kappa shape index (κ1) is 13.3. The molecule has 2 aliphatic rings. The minimum Gasteiger partial charge on any atom is -0.378 e. The van der Waals surface area contributed by atoms with Crippen LogP contribution in [-0.4, -0.2) is 31.4 Å². The number of amides is 1. The Kier molecular flexibility index (Phi) is 3.57. The van der Waals surface area contributed by atoms with Crippen molar-refractivity contribution in [2.24, 2.45) is 0 Å². The Morgan fingerprint density at radius 1 is 1.45 bits per heavy atom. The second-order valence-electron chi connectivity index (χ2n) is 5.57. The lowest BCUT2D eigenvalue weighted by atomic mass is 10.0. The van der Waals surface area contributed by atoms with Crippen molar-refractivity contribution in [2.45, 2.75) is 38.2 Å². The molecule has 1 atom stereocenters. The van der Waals surface area contributed by atoms with Gasteiger partial charge in [-0.25, -0.2) is 0 Å². The van der Waals surface area contributed by atoms with E-state index in [1.54, 1.807) is 11.9 Å². The predicted molar refractivity (Wildman–Crippen MR) is 76.1 cm³/mol. The Balaban J connectivity index is 1.67. The number of carbonyl (C=O) groups is 2. The fourth-order valence-electron chi connectivity index (χ4n) is 2.95. The normalized spacial score (nSPS) is 21.4. The molecule has 1 aromatic carbocycles. The summed E-state index contributed by atoms with van der Waals surface area (Å²) < 4.78 is 5.54. The number of fused-ring (bicyclic) bond motifs is 1. The highest BCUT2D eigenvalue weighted by molar-refractivity contribution is 6.03. The van der Waals surface area contributed by atoms with Crippen LogP contribution in [0.15, 0.2) is 18.2 Å². The Bertz CT molecular complexity index is 547. The predicted octanol–water partition coefficient (Wildman–Crippen LogP) is 2.35. The number of nitrogens with zero attached hydrogens (tertiary/aromatic N) is 1. The van der Waals surface area contributed by atoms with Crippen molar-refractivity contribution < 1.29 is 14.3 Å². The number of Topliss-reactive ketones (excluding diaryl/α,β-unsaturated/α-hetero) is 1. The van der Waals surface area contributed by atoms with Crippen molar-refractivity contribution >= 4 is 17.4 Å². The van der Waals surface area contributed by atoms with Crippen molar-refractivity contribution in [3.05, 3.63) is 29.3 Å². The standard InChI is InChI=1S/C16H19NO3/c1-17-14-6-4-11(9-12(14)10-16(17)19)15(18)7-5-13-3-2-8-20-13/h4,6,9,13H,2-3,5,7-8,10H2,1H3. The Morgan fingerprint density at radius 3 is 3.05 bits per heavy atom. The lowest BCUT2D eigenvalue weighted by molar-refractivity contribution is -0.117. The van der Waals surface area contributed by atoms with Crippen LogP contribution in [0.5, 0.6) is 0 Å². The molecule has 0 bridgehead atoms. The molecule has 1 fully saturated rings. The average Bonchev–Trinajstić information content (AvgIpc) is 3.05. The number of anilines is 1. The summed E-state index contributed by atoms with van der Waals surface area (Å²) in [4.78, 5) is 25.5.